The van der Waals surface area contributed by atoms with Gasteiger partial charge >= 0.3 is 12.1 Å². The number of ether oxygens (including phenoxy) is 1. The summed E-state index contributed by atoms with van der Waals surface area (Å²) in [5, 5.41) is 0. The average molecular weight is 239 g/mol. The van der Waals surface area contributed by atoms with Crippen molar-refractivity contribution >= 4 is 5.97 Å². The van der Waals surface area contributed by atoms with Crippen molar-refractivity contribution in [3.63, 3.8) is 0 Å². The summed E-state index contributed by atoms with van der Waals surface area (Å²) >= 11 is 0. The normalized spacial score (nSPS) is 23.1. The van der Waals surface area contributed by atoms with Crippen molar-refractivity contribution in [3.05, 3.63) is 0 Å². The van der Waals surface area contributed by atoms with Crippen molar-refractivity contribution in [1.82, 2.24) is 4.90 Å². The molecule has 3 nitrogen and oxygen atoms in total. The summed E-state index contributed by atoms with van der Waals surface area (Å²) in [6.45, 7) is 0.416. The lowest BCUT2D eigenvalue weighted by atomic mass is 10.0. The summed E-state index contributed by atoms with van der Waals surface area (Å²) < 4.78 is 40.8. The van der Waals surface area contributed by atoms with Crippen molar-refractivity contribution in [2.45, 2.75) is 37.9 Å². The Hall–Kier alpha value is -0.780. The summed E-state index contributed by atoms with van der Waals surface area (Å²) in [6.07, 6.45) is -2.75. The van der Waals surface area contributed by atoms with E-state index < -0.39 is 24.6 Å². The van der Waals surface area contributed by atoms with E-state index in [1.54, 1.807) is 4.90 Å². The van der Waals surface area contributed by atoms with Crippen LogP contribution in [0.25, 0.3) is 0 Å². The van der Waals surface area contributed by atoms with Gasteiger partial charge in [0.1, 0.15) is 6.04 Å². The second-order valence-electron chi connectivity index (χ2n) is 3.94. The molecule has 0 aromatic rings. The zero-order valence-corrected chi connectivity index (χ0v) is 9.22. The number of methoxy groups -OCH3 is 1. The molecule has 1 aliphatic heterocycles. The molecule has 0 aromatic heterocycles. The van der Waals surface area contributed by atoms with Crippen molar-refractivity contribution < 1.29 is 22.7 Å². The number of alkyl halides is 3. The van der Waals surface area contributed by atoms with Gasteiger partial charge in [-0.05, 0) is 19.4 Å². The Morgan fingerprint density at radius 1 is 1.44 bits per heavy atom. The number of hydrogen-bond donors (Lipinski definition) is 0. The minimum absolute atomic E-state index is 0.122. The SMILES string of the molecule is COC(=O)[C@H]1CCCCN1CCC(F)(F)F. The van der Waals surface area contributed by atoms with E-state index in [1.807, 2.05) is 0 Å². The van der Waals surface area contributed by atoms with Gasteiger partial charge in [-0.1, -0.05) is 6.42 Å². The average Bonchev–Trinajstić information content (AvgIpc) is 2.25. The second-order valence-corrected chi connectivity index (χ2v) is 3.94. The van der Waals surface area contributed by atoms with Gasteiger partial charge in [-0.25, -0.2) is 0 Å². The van der Waals surface area contributed by atoms with E-state index in [1.165, 1.54) is 7.11 Å². The van der Waals surface area contributed by atoms with E-state index in [9.17, 15) is 18.0 Å². The highest BCUT2D eigenvalue weighted by atomic mass is 19.4. The van der Waals surface area contributed by atoms with Crippen molar-refractivity contribution in [1.29, 1.82) is 0 Å². The molecule has 1 rings (SSSR count). The summed E-state index contributed by atoms with van der Waals surface area (Å²) in [4.78, 5) is 12.9. The number of carbonyl (C=O) groups is 1. The van der Waals surface area contributed by atoms with Crippen LogP contribution in [0.15, 0.2) is 0 Å². The van der Waals surface area contributed by atoms with Crippen LogP contribution in [-0.2, 0) is 9.53 Å². The topological polar surface area (TPSA) is 29.5 Å². The Labute approximate surface area is 92.5 Å². The maximum atomic E-state index is 12.1. The molecule has 1 heterocycles. The van der Waals surface area contributed by atoms with Crippen molar-refractivity contribution in [2.75, 3.05) is 20.2 Å². The molecule has 1 fully saturated rings. The molecule has 94 valence electrons. The molecule has 0 amide bonds. The Morgan fingerprint density at radius 2 is 2.12 bits per heavy atom. The summed E-state index contributed by atoms with van der Waals surface area (Å²) in [7, 11) is 1.26. The Kier molecular flexibility index (Phi) is 4.58. The van der Waals surface area contributed by atoms with Gasteiger partial charge in [-0.15, -0.1) is 0 Å². The van der Waals surface area contributed by atoms with Crippen LogP contribution in [0.1, 0.15) is 25.7 Å². The fourth-order valence-electron chi connectivity index (χ4n) is 1.93. The molecule has 1 aliphatic rings. The van der Waals surface area contributed by atoms with Crippen molar-refractivity contribution in [3.8, 4) is 0 Å². The molecule has 0 N–H and O–H groups in total. The van der Waals surface area contributed by atoms with E-state index in [0.29, 0.717) is 13.0 Å². The number of nitrogens with zero attached hydrogens (tertiary/aromatic N) is 1. The predicted octanol–water partition coefficient (Wildman–Crippen LogP) is 1.97. The monoisotopic (exact) mass is 239 g/mol. The highest BCUT2D eigenvalue weighted by Gasteiger charge is 2.33. The quantitative estimate of drug-likeness (QED) is 0.705. The zero-order chi connectivity index (χ0) is 12.2. The first kappa shape index (κ1) is 13.3. The molecule has 1 saturated heterocycles. The van der Waals surface area contributed by atoms with E-state index in [0.717, 1.165) is 12.8 Å². The standard InChI is InChI=1S/C10H16F3NO2/c1-16-9(15)8-4-2-3-6-14(8)7-5-10(11,12)13/h8H,2-7H2,1H3/t8-/m1/s1. The van der Waals surface area contributed by atoms with Crippen LogP contribution in [0.3, 0.4) is 0 Å². The van der Waals surface area contributed by atoms with Crippen LogP contribution in [0, 0.1) is 0 Å². The second kappa shape index (κ2) is 5.52. The lowest BCUT2D eigenvalue weighted by Gasteiger charge is -2.33. The molecular weight excluding hydrogens is 223 g/mol. The molecule has 0 unspecified atom stereocenters. The third-order valence-electron chi connectivity index (χ3n) is 2.77. The first-order valence-electron chi connectivity index (χ1n) is 5.32. The van der Waals surface area contributed by atoms with Gasteiger partial charge < -0.3 is 4.74 Å². The first-order chi connectivity index (χ1) is 7.44. The van der Waals surface area contributed by atoms with Gasteiger partial charge in [-0.3, -0.25) is 9.69 Å². The third-order valence-corrected chi connectivity index (χ3v) is 2.77. The number of piperidine rings is 1. The van der Waals surface area contributed by atoms with Crippen LogP contribution < -0.4 is 0 Å². The van der Waals surface area contributed by atoms with Gasteiger partial charge in [0.15, 0.2) is 0 Å². The molecule has 0 bridgehead atoms. The fourth-order valence-corrected chi connectivity index (χ4v) is 1.93. The number of esters is 1. The summed E-state index contributed by atoms with van der Waals surface area (Å²) in [6, 6.07) is -0.499. The maximum absolute atomic E-state index is 12.1. The Balaban J connectivity index is 2.50. The van der Waals surface area contributed by atoms with Gasteiger partial charge in [0.25, 0.3) is 0 Å². The third kappa shape index (κ3) is 4.00. The lowest BCUT2D eigenvalue weighted by Crippen LogP contribution is -2.46. The first-order valence-corrected chi connectivity index (χ1v) is 5.32. The fraction of sp³-hybridized carbons (Fsp3) is 0.900. The molecule has 0 aromatic carbocycles. The van der Waals surface area contributed by atoms with E-state index in [2.05, 4.69) is 4.74 Å². The molecular formula is C10H16F3NO2. The number of likely N-dealkylation sites (tertiary alicyclic amines) is 1. The van der Waals surface area contributed by atoms with Crippen LogP contribution >= 0.6 is 0 Å². The van der Waals surface area contributed by atoms with Crippen LogP contribution in [0.2, 0.25) is 0 Å². The molecule has 1 atom stereocenters. The smallest absolute Gasteiger partial charge is 0.390 e. The number of halogens is 3. The summed E-state index contributed by atoms with van der Waals surface area (Å²) in [5.41, 5.74) is 0. The lowest BCUT2D eigenvalue weighted by molar-refractivity contribution is -0.154. The Morgan fingerprint density at radius 3 is 2.69 bits per heavy atom. The molecule has 0 radical (unpaired) electrons. The van der Waals surface area contributed by atoms with E-state index in [-0.39, 0.29) is 6.54 Å². The molecule has 16 heavy (non-hydrogen) atoms. The predicted molar refractivity (Wildman–Crippen MR) is 51.9 cm³/mol. The Bertz CT molecular complexity index is 243. The number of rotatable bonds is 3. The van der Waals surface area contributed by atoms with E-state index in [4.69, 9.17) is 0 Å². The van der Waals surface area contributed by atoms with Crippen molar-refractivity contribution in [2.24, 2.45) is 0 Å². The van der Waals surface area contributed by atoms with Gasteiger partial charge in [-0.2, -0.15) is 13.2 Å². The van der Waals surface area contributed by atoms with Gasteiger partial charge in [0, 0.05) is 6.54 Å². The van der Waals surface area contributed by atoms with Crippen LogP contribution in [0.4, 0.5) is 13.2 Å². The number of hydrogen-bond acceptors (Lipinski definition) is 3. The minimum Gasteiger partial charge on any atom is -0.468 e. The molecule has 0 saturated carbocycles. The molecule has 0 spiro atoms. The minimum atomic E-state index is -4.17. The highest BCUT2D eigenvalue weighted by molar-refractivity contribution is 5.75. The van der Waals surface area contributed by atoms with Crippen LogP contribution in [-0.4, -0.2) is 43.3 Å². The van der Waals surface area contributed by atoms with E-state index >= 15 is 0 Å². The summed E-state index contributed by atoms with van der Waals surface area (Å²) in [5.74, 6) is -0.429. The van der Waals surface area contributed by atoms with Gasteiger partial charge in [0.2, 0.25) is 0 Å². The maximum Gasteiger partial charge on any atom is 0.390 e. The largest absolute Gasteiger partial charge is 0.468 e. The zero-order valence-electron chi connectivity index (χ0n) is 9.22. The highest BCUT2D eigenvalue weighted by Crippen LogP contribution is 2.23. The molecule has 6 heteroatoms. The molecule has 0 aliphatic carbocycles. The van der Waals surface area contributed by atoms with Crippen LogP contribution in [0.5, 0.6) is 0 Å². The van der Waals surface area contributed by atoms with Gasteiger partial charge in [0.05, 0.1) is 13.5 Å². The number of carbonyl (C=O) groups excluding carboxylic acids is 1.